The van der Waals surface area contributed by atoms with Gasteiger partial charge in [0.1, 0.15) is 6.26 Å². The van der Waals surface area contributed by atoms with Crippen molar-refractivity contribution in [1.82, 2.24) is 15.1 Å². The zero-order chi connectivity index (χ0) is 17.1. The van der Waals surface area contributed by atoms with Gasteiger partial charge in [-0.2, -0.15) is 0 Å². The molecule has 132 valence electrons. The molecule has 2 saturated heterocycles. The van der Waals surface area contributed by atoms with Gasteiger partial charge in [0.05, 0.1) is 25.0 Å². The lowest BCUT2D eigenvalue weighted by atomic mass is 10.2. The molecular weight excluding hydrogens is 322 g/mol. The summed E-state index contributed by atoms with van der Waals surface area (Å²) in [6.07, 6.45) is 3.01. The highest BCUT2D eigenvalue weighted by Gasteiger charge is 2.24. The number of hydrogen-bond donors (Lipinski definition) is 0. The molecule has 0 atom stereocenters. The maximum absolute atomic E-state index is 12.3. The summed E-state index contributed by atoms with van der Waals surface area (Å²) in [5.41, 5.74) is 0.600. The summed E-state index contributed by atoms with van der Waals surface area (Å²) in [5.74, 6) is 1.76. The van der Waals surface area contributed by atoms with Crippen molar-refractivity contribution < 1.29 is 13.9 Å². The van der Waals surface area contributed by atoms with Gasteiger partial charge in [-0.3, -0.25) is 4.79 Å². The van der Waals surface area contributed by atoms with Gasteiger partial charge < -0.3 is 23.9 Å². The second kappa shape index (κ2) is 7.10. The summed E-state index contributed by atoms with van der Waals surface area (Å²) in [6.45, 7) is 5.98. The van der Waals surface area contributed by atoms with E-state index in [1.54, 1.807) is 6.07 Å². The van der Waals surface area contributed by atoms with E-state index in [2.05, 4.69) is 20.0 Å². The smallest absolute Gasteiger partial charge is 0.257 e. The number of piperazine rings is 1. The van der Waals surface area contributed by atoms with E-state index < -0.39 is 0 Å². The van der Waals surface area contributed by atoms with Gasteiger partial charge >= 0.3 is 0 Å². The van der Waals surface area contributed by atoms with Crippen molar-refractivity contribution >= 4 is 17.5 Å². The van der Waals surface area contributed by atoms with Crippen molar-refractivity contribution in [1.29, 1.82) is 0 Å². The Morgan fingerprint density at radius 2 is 1.52 bits per heavy atom. The zero-order valence-corrected chi connectivity index (χ0v) is 14.0. The lowest BCUT2D eigenvalue weighted by Crippen LogP contribution is -2.49. The summed E-state index contributed by atoms with van der Waals surface area (Å²) >= 11 is 0. The molecule has 0 bridgehead atoms. The standard InChI is InChI=1S/C17H21N5O3/c23-17(14-3-10-25-13-14)22-6-4-20(5-7-22)15-1-2-16(19-18-15)21-8-11-24-12-9-21/h1-3,10,13H,4-9,11-12H2. The van der Waals surface area contributed by atoms with E-state index in [0.717, 1.165) is 51.0 Å². The maximum atomic E-state index is 12.3. The van der Waals surface area contributed by atoms with Gasteiger partial charge in [-0.05, 0) is 18.2 Å². The molecule has 0 N–H and O–H groups in total. The number of aromatic nitrogens is 2. The fourth-order valence-electron chi connectivity index (χ4n) is 3.16. The van der Waals surface area contributed by atoms with Crippen LogP contribution in [0.3, 0.4) is 0 Å². The van der Waals surface area contributed by atoms with E-state index >= 15 is 0 Å². The highest BCUT2D eigenvalue weighted by atomic mass is 16.5. The third-order valence-corrected chi connectivity index (χ3v) is 4.63. The van der Waals surface area contributed by atoms with Gasteiger partial charge in [0.25, 0.3) is 5.91 Å². The van der Waals surface area contributed by atoms with Crippen molar-refractivity contribution in [3.05, 3.63) is 36.3 Å². The lowest BCUT2D eigenvalue weighted by Gasteiger charge is -2.35. The Morgan fingerprint density at radius 1 is 0.880 bits per heavy atom. The van der Waals surface area contributed by atoms with Crippen LogP contribution in [0.25, 0.3) is 0 Å². The van der Waals surface area contributed by atoms with Crippen molar-refractivity contribution in [2.75, 3.05) is 62.3 Å². The van der Waals surface area contributed by atoms with E-state index in [-0.39, 0.29) is 5.91 Å². The Hall–Kier alpha value is -2.61. The number of anilines is 2. The molecule has 0 saturated carbocycles. The zero-order valence-electron chi connectivity index (χ0n) is 14.0. The number of morpholine rings is 1. The largest absolute Gasteiger partial charge is 0.472 e. The normalized spacial score (nSPS) is 18.5. The quantitative estimate of drug-likeness (QED) is 0.818. The minimum absolute atomic E-state index is 0.0159. The average Bonchev–Trinajstić information content (AvgIpc) is 3.23. The van der Waals surface area contributed by atoms with Gasteiger partial charge in [0, 0.05) is 39.3 Å². The van der Waals surface area contributed by atoms with E-state index in [4.69, 9.17) is 9.15 Å². The first-order valence-corrected chi connectivity index (χ1v) is 8.54. The molecule has 2 fully saturated rings. The Morgan fingerprint density at radius 3 is 2.08 bits per heavy atom. The highest BCUT2D eigenvalue weighted by Crippen LogP contribution is 2.18. The Bertz CT molecular complexity index is 690. The molecule has 0 aromatic carbocycles. The lowest BCUT2D eigenvalue weighted by molar-refractivity contribution is 0.0745. The van der Waals surface area contributed by atoms with E-state index in [0.29, 0.717) is 18.7 Å². The Labute approximate surface area is 146 Å². The minimum Gasteiger partial charge on any atom is -0.472 e. The van der Waals surface area contributed by atoms with Crippen LogP contribution in [0, 0.1) is 0 Å². The molecular formula is C17H21N5O3. The fraction of sp³-hybridized carbons (Fsp3) is 0.471. The molecule has 2 aromatic heterocycles. The number of carbonyl (C=O) groups is 1. The topological polar surface area (TPSA) is 74.9 Å². The third kappa shape index (κ3) is 3.43. The van der Waals surface area contributed by atoms with Crippen LogP contribution in [-0.4, -0.2) is 73.5 Å². The van der Waals surface area contributed by atoms with Crippen molar-refractivity contribution in [3.63, 3.8) is 0 Å². The Balaban J connectivity index is 1.35. The van der Waals surface area contributed by atoms with Crippen molar-refractivity contribution in [2.45, 2.75) is 0 Å². The summed E-state index contributed by atoms with van der Waals surface area (Å²) in [4.78, 5) is 18.5. The molecule has 4 heterocycles. The van der Waals surface area contributed by atoms with Gasteiger partial charge in [0.2, 0.25) is 0 Å². The van der Waals surface area contributed by atoms with Crippen LogP contribution in [0.5, 0.6) is 0 Å². The van der Waals surface area contributed by atoms with Gasteiger partial charge in [0.15, 0.2) is 11.6 Å². The second-order valence-electron chi connectivity index (χ2n) is 6.14. The molecule has 0 spiro atoms. The summed E-state index contributed by atoms with van der Waals surface area (Å²) < 4.78 is 10.4. The first kappa shape index (κ1) is 15.9. The number of nitrogens with zero attached hydrogens (tertiary/aromatic N) is 5. The van der Waals surface area contributed by atoms with E-state index in [9.17, 15) is 4.79 Å². The molecule has 0 aliphatic carbocycles. The minimum atomic E-state index is 0.0159. The van der Waals surface area contributed by atoms with Crippen LogP contribution in [0.2, 0.25) is 0 Å². The molecule has 0 radical (unpaired) electrons. The average molecular weight is 343 g/mol. The molecule has 8 nitrogen and oxygen atoms in total. The Kier molecular flexibility index (Phi) is 4.51. The molecule has 0 unspecified atom stereocenters. The van der Waals surface area contributed by atoms with Crippen LogP contribution < -0.4 is 9.80 Å². The van der Waals surface area contributed by atoms with Crippen LogP contribution in [0.15, 0.2) is 35.1 Å². The highest BCUT2D eigenvalue weighted by molar-refractivity contribution is 5.94. The number of furan rings is 1. The number of amides is 1. The SMILES string of the molecule is O=C(c1ccoc1)N1CCN(c2ccc(N3CCOCC3)nn2)CC1. The molecule has 2 aliphatic rings. The summed E-state index contributed by atoms with van der Waals surface area (Å²) in [6, 6.07) is 5.71. The molecule has 2 aromatic rings. The maximum Gasteiger partial charge on any atom is 0.257 e. The summed E-state index contributed by atoms with van der Waals surface area (Å²) in [7, 11) is 0. The van der Waals surface area contributed by atoms with Crippen LogP contribution in [-0.2, 0) is 4.74 Å². The molecule has 25 heavy (non-hydrogen) atoms. The first-order valence-electron chi connectivity index (χ1n) is 8.54. The van der Waals surface area contributed by atoms with E-state index in [1.165, 1.54) is 12.5 Å². The van der Waals surface area contributed by atoms with Gasteiger partial charge in [-0.25, -0.2) is 0 Å². The molecule has 2 aliphatic heterocycles. The molecule has 1 amide bonds. The molecule has 8 heteroatoms. The van der Waals surface area contributed by atoms with Crippen molar-refractivity contribution in [2.24, 2.45) is 0 Å². The molecule has 4 rings (SSSR count). The second-order valence-corrected chi connectivity index (χ2v) is 6.14. The van der Waals surface area contributed by atoms with Crippen molar-refractivity contribution in [3.8, 4) is 0 Å². The first-order chi connectivity index (χ1) is 12.3. The van der Waals surface area contributed by atoms with Gasteiger partial charge in [-0.15, -0.1) is 10.2 Å². The van der Waals surface area contributed by atoms with Gasteiger partial charge in [-0.1, -0.05) is 0 Å². The number of hydrogen-bond acceptors (Lipinski definition) is 7. The number of rotatable bonds is 3. The van der Waals surface area contributed by atoms with E-state index in [1.807, 2.05) is 17.0 Å². The number of carbonyl (C=O) groups excluding carboxylic acids is 1. The third-order valence-electron chi connectivity index (χ3n) is 4.63. The number of ether oxygens (including phenoxy) is 1. The predicted molar refractivity (Wildman–Crippen MR) is 91.9 cm³/mol. The van der Waals surface area contributed by atoms with Crippen LogP contribution >= 0.6 is 0 Å². The monoisotopic (exact) mass is 343 g/mol. The van der Waals surface area contributed by atoms with Crippen LogP contribution in [0.1, 0.15) is 10.4 Å². The van der Waals surface area contributed by atoms with Crippen LogP contribution in [0.4, 0.5) is 11.6 Å². The summed E-state index contributed by atoms with van der Waals surface area (Å²) in [5, 5.41) is 8.73. The fourth-order valence-corrected chi connectivity index (χ4v) is 3.16. The predicted octanol–water partition coefficient (Wildman–Crippen LogP) is 0.869.